The summed E-state index contributed by atoms with van der Waals surface area (Å²) in [5.41, 5.74) is 0. The van der Waals surface area contributed by atoms with Crippen LogP contribution in [0.2, 0.25) is 0 Å². The molecule has 3 heteroatoms. The predicted octanol–water partition coefficient (Wildman–Crippen LogP) is 3.04. The second-order valence-corrected chi connectivity index (χ2v) is 7.18. The average molecular weight is 278 g/mol. The molecular weight excluding hydrogens is 248 g/mol. The molecular formula is C17H30N2O. The van der Waals surface area contributed by atoms with Crippen LogP contribution in [0.25, 0.3) is 0 Å². The summed E-state index contributed by atoms with van der Waals surface area (Å²) in [7, 11) is 2.23. The van der Waals surface area contributed by atoms with Gasteiger partial charge in [-0.2, -0.15) is 0 Å². The van der Waals surface area contributed by atoms with Gasteiger partial charge in [0.1, 0.15) is 0 Å². The zero-order valence-corrected chi connectivity index (χ0v) is 13.0. The molecule has 0 radical (unpaired) electrons. The molecule has 0 spiro atoms. The van der Waals surface area contributed by atoms with Crippen LogP contribution in [0.5, 0.6) is 0 Å². The highest BCUT2D eigenvalue weighted by Crippen LogP contribution is 2.32. The summed E-state index contributed by atoms with van der Waals surface area (Å²) in [6.07, 6.45) is 12.5. The maximum Gasteiger partial charge on any atom is 0.222 e. The fraction of sp³-hybridized carbons (Fsp3) is 0.941. The summed E-state index contributed by atoms with van der Waals surface area (Å²) in [5.74, 6) is 1.29. The first kappa shape index (κ1) is 14.4. The van der Waals surface area contributed by atoms with E-state index in [0.717, 1.165) is 25.3 Å². The van der Waals surface area contributed by atoms with E-state index in [0.29, 0.717) is 18.0 Å². The van der Waals surface area contributed by atoms with Crippen molar-refractivity contribution in [2.45, 2.75) is 76.3 Å². The molecule has 2 saturated heterocycles. The number of carbonyl (C=O) groups excluding carboxylic acids is 1. The molecule has 0 N–H and O–H groups in total. The van der Waals surface area contributed by atoms with Gasteiger partial charge in [-0.15, -0.1) is 0 Å². The minimum absolute atomic E-state index is 0.444. The molecule has 0 bridgehead atoms. The molecule has 0 unspecified atom stereocenters. The molecule has 3 aliphatic rings. The van der Waals surface area contributed by atoms with Gasteiger partial charge < -0.3 is 9.80 Å². The first-order valence-corrected chi connectivity index (χ1v) is 8.75. The lowest BCUT2D eigenvalue weighted by molar-refractivity contribution is -0.133. The molecule has 3 rings (SSSR count). The predicted molar refractivity (Wildman–Crippen MR) is 81.6 cm³/mol. The molecule has 114 valence electrons. The zero-order valence-electron chi connectivity index (χ0n) is 13.0. The number of rotatable bonds is 4. The summed E-state index contributed by atoms with van der Waals surface area (Å²) in [6.45, 7) is 2.23. The van der Waals surface area contributed by atoms with Crippen LogP contribution in [-0.2, 0) is 4.79 Å². The molecule has 2 heterocycles. The molecule has 3 nitrogen and oxygen atoms in total. The van der Waals surface area contributed by atoms with Crippen molar-refractivity contribution in [2.75, 3.05) is 20.1 Å². The first-order valence-electron chi connectivity index (χ1n) is 8.75. The van der Waals surface area contributed by atoms with Gasteiger partial charge in [0.15, 0.2) is 0 Å². The molecule has 2 aliphatic heterocycles. The molecule has 0 aromatic rings. The molecule has 0 aromatic carbocycles. The van der Waals surface area contributed by atoms with Gasteiger partial charge in [-0.25, -0.2) is 0 Å². The topological polar surface area (TPSA) is 23.6 Å². The number of nitrogens with zero attached hydrogens (tertiary/aromatic N) is 2. The quantitative estimate of drug-likeness (QED) is 0.789. The minimum atomic E-state index is 0.444. The summed E-state index contributed by atoms with van der Waals surface area (Å²) in [4.78, 5) is 17.3. The largest absolute Gasteiger partial charge is 0.338 e. The van der Waals surface area contributed by atoms with Crippen molar-refractivity contribution in [1.82, 2.24) is 9.80 Å². The maximum absolute atomic E-state index is 12.6. The smallest absolute Gasteiger partial charge is 0.222 e. The van der Waals surface area contributed by atoms with E-state index in [2.05, 4.69) is 16.8 Å². The van der Waals surface area contributed by atoms with E-state index < -0.39 is 0 Å². The Bertz CT molecular complexity index is 338. The van der Waals surface area contributed by atoms with E-state index in [1.165, 1.54) is 57.9 Å². The summed E-state index contributed by atoms with van der Waals surface area (Å²) >= 11 is 0. The van der Waals surface area contributed by atoms with Crippen molar-refractivity contribution in [1.29, 1.82) is 0 Å². The van der Waals surface area contributed by atoms with Gasteiger partial charge in [-0.1, -0.05) is 25.7 Å². The van der Waals surface area contributed by atoms with Gasteiger partial charge >= 0.3 is 0 Å². The molecule has 1 aliphatic carbocycles. The number of amides is 1. The zero-order chi connectivity index (χ0) is 13.9. The number of likely N-dealkylation sites (tertiary alicyclic amines) is 2. The molecule has 0 aromatic heterocycles. The van der Waals surface area contributed by atoms with Crippen molar-refractivity contribution in [3.8, 4) is 0 Å². The van der Waals surface area contributed by atoms with Crippen LogP contribution in [0.1, 0.15) is 64.2 Å². The van der Waals surface area contributed by atoms with Crippen LogP contribution in [0.15, 0.2) is 0 Å². The monoisotopic (exact) mass is 278 g/mol. The van der Waals surface area contributed by atoms with Gasteiger partial charge in [-0.05, 0) is 51.6 Å². The number of hydrogen-bond donors (Lipinski definition) is 0. The van der Waals surface area contributed by atoms with Crippen LogP contribution >= 0.6 is 0 Å². The Hall–Kier alpha value is -0.570. The van der Waals surface area contributed by atoms with E-state index in [9.17, 15) is 4.79 Å². The lowest BCUT2D eigenvalue weighted by atomic mass is 10.00. The van der Waals surface area contributed by atoms with Gasteiger partial charge in [0.25, 0.3) is 0 Å². The van der Waals surface area contributed by atoms with Gasteiger partial charge in [-0.3, -0.25) is 4.79 Å². The van der Waals surface area contributed by atoms with Crippen molar-refractivity contribution < 1.29 is 4.79 Å². The normalized spacial score (nSPS) is 32.4. The lowest BCUT2D eigenvalue weighted by Gasteiger charge is -2.33. The van der Waals surface area contributed by atoms with Crippen LogP contribution in [0, 0.1) is 5.92 Å². The van der Waals surface area contributed by atoms with Crippen LogP contribution in [0.3, 0.4) is 0 Å². The van der Waals surface area contributed by atoms with Crippen LogP contribution in [-0.4, -0.2) is 47.9 Å². The fourth-order valence-electron chi connectivity index (χ4n) is 4.69. The highest BCUT2D eigenvalue weighted by atomic mass is 16.2. The average Bonchev–Trinajstić information content (AvgIpc) is 3.16. The summed E-state index contributed by atoms with van der Waals surface area (Å²) < 4.78 is 0. The van der Waals surface area contributed by atoms with Gasteiger partial charge in [0.05, 0.1) is 0 Å². The molecule has 20 heavy (non-hydrogen) atoms. The van der Waals surface area contributed by atoms with Crippen molar-refractivity contribution in [3.63, 3.8) is 0 Å². The molecule has 1 saturated carbocycles. The van der Waals surface area contributed by atoms with E-state index in [-0.39, 0.29) is 0 Å². The Balaban J connectivity index is 1.52. The third-order valence-corrected chi connectivity index (χ3v) is 5.88. The lowest BCUT2D eigenvalue weighted by Crippen LogP contribution is -2.47. The van der Waals surface area contributed by atoms with Crippen molar-refractivity contribution in [2.24, 2.45) is 5.92 Å². The van der Waals surface area contributed by atoms with Crippen LogP contribution in [0.4, 0.5) is 0 Å². The summed E-state index contributed by atoms with van der Waals surface area (Å²) in [5, 5.41) is 0. The minimum Gasteiger partial charge on any atom is -0.338 e. The number of likely N-dealkylation sites (N-methyl/N-ethyl adjacent to an activating group) is 1. The van der Waals surface area contributed by atoms with E-state index in [1.54, 1.807) is 0 Å². The van der Waals surface area contributed by atoms with E-state index in [1.807, 2.05) is 0 Å². The standard InChI is InChI=1S/C17H30N2O/c1-18-12-4-8-15(18)16-9-5-13-19(16)17(20)11-10-14-6-2-3-7-14/h14-16H,2-13H2,1H3/t15-,16+/m1/s1. The highest BCUT2D eigenvalue weighted by Gasteiger charge is 2.38. The fourth-order valence-corrected chi connectivity index (χ4v) is 4.69. The second kappa shape index (κ2) is 6.46. The SMILES string of the molecule is CN1CCC[C@@H]1[C@@H]1CCCN1C(=O)CCC1CCCC1. The third-order valence-electron chi connectivity index (χ3n) is 5.88. The Labute approximate surface area is 123 Å². The molecule has 2 atom stereocenters. The Morgan fingerprint density at radius 2 is 1.65 bits per heavy atom. The highest BCUT2D eigenvalue weighted by molar-refractivity contribution is 5.77. The molecule has 1 amide bonds. The molecule has 3 fully saturated rings. The first-order chi connectivity index (χ1) is 9.75. The maximum atomic E-state index is 12.6. The third kappa shape index (κ3) is 3.03. The van der Waals surface area contributed by atoms with E-state index in [4.69, 9.17) is 0 Å². The van der Waals surface area contributed by atoms with Gasteiger partial charge in [0.2, 0.25) is 5.91 Å². The van der Waals surface area contributed by atoms with Crippen molar-refractivity contribution >= 4 is 5.91 Å². The Kier molecular flexibility index (Phi) is 4.65. The summed E-state index contributed by atoms with van der Waals surface area (Å²) in [6, 6.07) is 1.14. The second-order valence-electron chi connectivity index (χ2n) is 7.18. The Morgan fingerprint density at radius 3 is 2.35 bits per heavy atom. The number of carbonyl (C=O) groups is 1. The van der Waals surface area contributed by atoms with Crippen LogP contribution < -0.4 is 0 Å². The number of hydrogen-bond acceptors (Lipinski definition) is 2. The van der Waals surface area contributed by atoms with Gasteiger partial charge in [0, 0.05) is 25.0 Å². The van der Waals surface area contributed by atoms with Crippen molar-refractivity contribution in [3.05, 3.63) is 0 Å². The Morgan fingerprint density at radius 1 is 0.950 bits per heavy atom. The van der Waals surface area contributed by atoms with E-state index >= 15 is 0 Å².